The highest BCUT2D eigenvalue weighted by atomic mass is 16.2. The Morgan fingerprint density at radius 1 is 0.967 bits per heavy atom. The van der Waals surface area contributed by atoms with Gasteiger partial charge in [-0.25, -0.2) is 0 Å². The fourth-order valence-corrected chi connectivity index (χ4v) is 4.11. The number of hydrogen-bond donors (Lipinski definition) is 1. The van der Waals surface area contributed by atoms with Gasteiger partial charge in [0.2, 0.25) is 5.91 Å². The molecule has 0 spiro atoms. The summed E-state index contributed by atoms with van der Waals surface area (Å²) < 4.78 is 0. The Kier molecular flexibility index (Phi) is 5.40. The molecule has 1 aliphatic rings. The zero-order valence-electron chi connectivity index (χ0n) is 17.4. The summed E-state index contributed by atoms with van der Waals surface area (Å²) in [4.78, 5) is 28.6. The average molecular weight is 399 g/mol. The van der Waals surface area contributed by atoms with Crippen LogP contribution < -0.4 is 5.32 Å². The van der Waals surface area contributed by atoms with E-state index >= 15 is 0 Å². The van der Waals surface area contributed by atoms with Gasteiger partial charge in [-0.3, -0.25) is 9.59 Å². The molecule has 2 amide bonds. The molecule has 0 radical (unpaired) electrons. The van der Waals surface area contributed by atoms with Gasteiger partial charge in [0.25, 0.3) is 5.91 Å². The summed E-state index contributed by atoms with van der Waals surface area (Å²) in [5.74, 6) is -0.237. The van der Waals surface area contributed by atoms with Crippen LogP contribution in [-0.2, 0) is 24.3 Å². The molecular formula is C26H26N2O2. The molecule has 0 aromatic heterocycles. The molecule has 1 aliphatic heterocycles. The van der Waals surface area contributed by atoms with E-state index < -0.39 is 5.54 Å². The lowest BCUT2D eigenvalue weighted by Gasteiger charge is -2.44. The summed E-state index contributed by atoms with van der Waals surface area (Å²) in [6.07, 6.45) is 0.487. The zero-order chi connectivity index (χ0) is 21.1. The Balaban J connectivity index is 1.65. The number of carbonyl (C=O) groups is 2. The van der Waals surface area contributed by atoms with Crippen molar-refractivity contribution >= 4 is 11.8 Å². The lowest BCUT2D eigenvalue weighted by atomic mass is 9.82. The van der Waals surface area contributed by atoms with Crippen LogP contribution in [0.4, 0.5) is 0 Å². The van der Waals surface area contributed by atoms with Crippen molar-refractivity contribution in [3.8, 4) is 0 Å². The largest absolute Gasteiger partial charge is 0.350 e. The molecule has 3 aromatic carbocycles. The van der Waals surface area contributed by atoms with E-state index in [1.165, 1.54) is 0 Å². The standard InChI is InChI=1S/C26H26N2O2/c1-19-10-6-7-14-22(19)17-27-25(30)26(2)16-21-13-8-9-15-23(21)24(29)28(26)18-20-11-4-3-5-12-20/h3-15H,16-18H2,1-2H3,(H,27,30)/t26-/m1/s1. The van der Waals surface area contributed by atoms with Crippen LogP contribution in [-0.4, -0.2) is 22.3 Å². The van der Waals surface area contributed by atoms with E-state index in [4.69, 9.17) is 0 Å². The van der Waals surface area contributed by atoms with Crippen LogP contribution in [0.1, 0.15) is 39.5 Å². The Morgan fingerprint density at radius 3 is 2.40 bits per heavy atom. The van der Waals surface area contributed by atoms with Crippen LogP contribution in [0.15, 0.2) is 78.9 Å². The maximum Gasteiger partial charge on any atom is 0.255 e. The van der Waals surface area contributed by atoms with Gasteiger partial charge < -0.3 is 10.2 Å². The van der Waals surface area contributed by atoms with E-state index in [1.807, 2.05) is 92.7 Å². The number of nitrogens with zero attached hydrogens (tertiary/aromatic N) is 1. The van der Waals surface area contributed by atoms with E-state index in [9.17, 15) is 9.59 Å². The van der Waals surface area contributed by atoms with Crippen molar-refractivity contribution in [2.75, 3.05) is 0 Å². The van der Waals surface area contributed by atoms with Crippen molar-refractivity contribution in [3.05, 3.63) is 107 Å². The molecule has 4 nitrogen and oxygen atoms in total. The predicted octanol–water partition coefficient (Wildman–Crippen LogP) is 4.27. The molecule has 0 saturated heterocycles. The van der Waals surface area contributed by atoms with Gasteiger partial charge >= 0.3 is 0 Å². The molecule has 4 rings (SSSR count). The van der Waals surface area contributed by atoms with E-state index in [1.54, 1.807) is 4.90 Å². The molecule has 30 heavy (non-hydrogen) atoms. The first-order valence-electron chi connectivity index (χ1n) is 10.3. The number of amides is 2. The summed E-state index contributed by atoms with van der Waals surface area (Å²) in [5.41, 5.74) is 3.84. The molecule has 4 heteroatoms. The second-order valence-corrected chi connectivity index (χ2v) is 8.09. The maximum absolute atomic E-state index is 13.5. The summed E-state index contributed by atoms with van der Waals surface area (Å²) in [6, 6.07) is 25.4. The molecule has 1 N–H and O–H groups in total. The topological polar surface area (TPSA) is 49.4 Å². The molecule has 1 atom stereocenters. The minimum atomic E-state index is -0.968. The van der Waals surface area contributed by atoms with Gasteiger partial charge in [-0.2, -0.15) is 0 Å². The van der Waals surface area contributed by atoms with Gasteiger partial charge in [0.05, 0.1) is 0 Å². The zero-order valence-corrected chi connectivity index (χ0v) is 17.4. The summed E-state index contributed by atoms with van der Waals surface area (Å²) >= 11 is 0. The van der Waals surface area contributed by atoms with Crippen LogP contribution >= 0.6 is 0 Å². The molecule has 0 saturated carbocycles. The van der Waals surface area contributed by atoms with Crippen LogP contribution in [0.5, 0.6) is 0 Å². The normalized spacial score (nSPS) is 18.1. The molecular weight excluding hydrogens is 372 g/mol. The first kappa shape index (κ1) is 19.9. The quantitative estimate of drug-likeness (QED) is 0.698. The third kappa shape index (κ3) is 3.73. The molecule has 1 heterocycles. The Hall–Kier alpha value is -3.40. The maximum atomic E-state index is 13.5. The number of carbonyl (C=O) groups excluding carboxylic acids is 2. The minimum absolute atomic E-state index is 0.103. The Morgan fingerprint density at radius 2 is 1.63 bits per heavy atom. The molecule has 0 aliphatic carbocycles. The third-order valence-corrected chi connectivity index (χ3v) is 6.00. The molecule has 152 valence electrons. The molecule has 0 fully saturated rings. The lowest BCUT2D eigenvalue weighted by molar-refractivity contribution is -0.132. The van der Waals surface area contributed by atoms with Gasteiger partial charge in [-0.15, -0.1) is 0 Å². The van der Waals surface area contributed by atoms with Crippen molar-refractivity contribution < 1.29 is 9.59 Å². The number of rotatable bonds is 5. The average Bonchev–Trinajstić information content (AvgIpc) is 2.76. The monoisotopic (exact) mass is 398 g/mol. The summed E-state index contributed by atoms with van der Waals surface area (Å²) in [6.45, 7) is 4.74. The smallest absolute Gasteiger partial charge is 0.255 e. The van der Waals surface area contributed by atoms with Crippen LogP contribution in [0.2, 0.25) is 0 Å². The Bertz CT molecular complexity index is 1080. The molecule has 0 bridgehead atoms. The van der Waals surface area contributed by atoms with Gasteiger partial charge in [0, 0.05) is 25.1 Å². The van der Waals surface area contributed by atoms with Crippen LogP contribution in [0, 0.1) is 6.92 Å². The minimum Gasteiger partial charge on any atom is -0.350 e. The van der Waals surface area contributed by atoms with Crippen molar-refractivity contribution in [3.63, 3.8) is 0 Å². The van der Waals surface area contributed by atoms with Crippen LogP contribution in [0.25, 0.3) is 0 Å². The number of benzene rings is 3. The van der Waals surface area contributed by atoms with Crippen molar-refractivity contribution in [2.45, 2.75) is 38.9 Å². The molecule has 3 aromatic rings. The van der Waals surface area contributed by atoms with Crippen LogP contribution in [0.3, 0.4) is 0 Å². The Labute approximate surface area is 177 Å². The third-order valence-electron chi connectivity index (χ3n) is 6.00. The summed E-state index contributed by atoms with van der Waals surface area (Å²) in [5, 5.41) is 3.08. The highest BCUT2D eigenvalue weighted by Crippen LogP contribution is 2.32. The molecule has 0 unspecified atom stereocenters. The fraction of sp³-hybridized carbons (Fsp3) is 0.231. The van der Waals surface area contributed by atoms with E-state index in [2.05, 4.69) is 5.32 Å². The van der Waals surface area contributed by atoms with Gasteiger partial charge in [-0.05, 0) is 42.2 Å². The highest BCUT2D eigenvalue weighted by Gasteiger charge is 2.46. The second kappa shape index (κ2) is 8.15. The first-order valence-corrected chi connectivity index (χ1v) is 10.3. The number of fused-ring (bicyclic) bond motifs is 1. The fourth-order valence-electron chi connectivity index (χ4n) is 4.11. The van der Waals surface area contributed by atoms with E-state index in [0.717, 1.165) is 22.3 Å². The summed E-state index contributed by atoms with van der Waals surface area (Å²) in [7, 11) is 0. The van der Waals surface area contributed by atoms with Crippen molar-refractivity contribution in [2.24, 2.45) is 0 Å². The number of hydrogen-bond acceptors (Lipinski definition) is 2. The first-order chi connectivity index (χ1) is 14.5. The number of aryl methyl sites for hydroxylation is 1. The van der Waals surface area contributed by atoms with Gasteiger partial charge in [0.1, 0.15) is 5.54 Å². The van der Waals surface area contributed by atoms with Crippen molar-refractivity contribution in [1.29, 1.82) is 0 Å². The van der Waals surface area contributed by atoms with Gasteiger partial charge in [0.15, 0.2) is 0 Å². The predicted molar refractivity (Wildman–Crippen MR) is 118 cm³/mol. The van der Waals surface area contributed by atoms with Crippen molar-refractivity contribution in [1.82, 2.24) is 10.2 Å². The lowest BCUT2D eigenvalue weighted by Crippen LogP contribution is -2.62. The second-order valence-electron chi connectivity index (χ2n) is 8.09. The highest BCUT2D eigenvalue weighted by molar-refractivity contribution is 6.02. The SMILES string of the molecule is Cc1ccccc1CNC(=O)[C@@]1(C)Cc2ccccc2C(=O)N1Cc1ccccc1. The number of nitrogens with one attached hydrogen (secondary N) is 1. The van der Waals surface area contributed by atoms with E-state index in [0.29, 0.717) is 25.1 Å². The van der Waals surface area contributed by atoms with E-state index in [-0.39, 0.29) is 11.8 Å². The van der Waals surface area contributed by atoms with Gasteiger partial charge in [-0.1, -0.05) is 72.8 Å².